The Hall–Kier alpha value is -1.62. The molecule has 0 spiro atoms. The van der Waals surface area contributed by atoms with Gasteiger partial charge in [0.25, 0.3) is 0 Å². The average Bonchev–Trinajstić information content (AvgIpc) is 2.72. The van der Waals surface area contributed by atoms with Gasteiger partial charge in [-0.1, -0.05) is 19.9 Å². The van der Waals surface area contributed by atoms with E-state index < -0.39 is 0 Å². The molecule has 1 saturated heterocycles. The molecule has 0 saturated carbocycles. The van der Waals surface area contributed by atoms with Gasteiger partial charge in [0.2, 0.25) is 5.91 Å². The SMILES string of the molecule is CN=C(NCCCOCC(C)C)NCc1cccnc1N1CCC(C(N)=O)CC1.I. The minimum Gasteiger partial charge on any atom is -0.381 e. The Morgan fingerprint density at radius 1 is 1.37 bits per heavy atom. The fraction of sp³-hybridized carbons (Fsp3) is 0.667. The van der Waals surface area contributed by atoms with E-state index in [9.17, 15) is 4.79 Å². The van der Waals surface area contributed by atoms with Crippen LogP contribution in [0, 0.1) is 11.8 Å². The van der Waals surface area contributed by atoms with Crippen LogP contribution in [0.2, 0.25) is 0 Å². The zero-order valence-corrected chi connectivity index (χ0v) is 20.7. The maximum Gasteiger partial charge on any atom is 0.220 e. The number of ether oxygens (including phenoxy) is 1. The summed E-state index contributed by atoms with van der Waals surface area (Å²) >= 11 is 0. The molecule has 1 amide bonds. The zero-order valence-electron chi connectivity index (χ0n) is 18.4. The first kappa shape index (κ1) is 26.4. The van der Waals surface area contributed by atoms with Gasteiger partial charge < -0.3 is 26.0 Å². The Morgan fingerprint density at radius 2 is 2.10 bits per heavy atom. The largest absolute Gasteiger partial charge is 0.381 e. The number of pyridine rings is 1. The molecule has 1 aliphatic heterocycles. The number of piperidine rings is 1. The smallest absolute Gasteiger partial charge is 0.220 e. The predicted octanol–water partition coefficient (Wildman–Crippen LogP) is 2.13. The summed E-state index contributed by atoms with van der Waals surface area (Å²) in [6.45, 7) is 8.86. The second-order valence-electron chi connectivity index (χ2n) is 7.82. The number of carbonyl (C=O) groups is 1. The molecule has 9 heteroatoms. The Morgan fingerprint density at radius 3 is 2.73 bits per heavy atom. The summed E-state index contributed by atoms with van der Waals surface area (Å²) in [5.41, 5.74) is 6.55. The van der Waals surface area contributed by atoms with E-state index >= 15 is 0 Å². The van der Waals surface area contributed by atoms with Gasteiger partial charge in [-0.25, -0.2) is 4.98 Å². The van der Waals surface area contributed by atoms with Crippen LogP contribution < -0.4 is 21.3 Å². The molecule has 8 nitrogen and oxygen atoms in total. The maximum absolute atomic E-state index is 11.4. The van der Waals surface area contributed by atoms with E-state index in [4.69, 9.17) is 10.5 Å². The second-order valence-corrected chi connectivity index (χ2v) is 7.82. The molecule has 1 fully saturated rings. The van der Waals surface area contributed by atoms with Crippen molar-refractivity contribution in [3.05, 3.63) is 23.9 Å². The van der Waals surface area contributed by atoms with Gasteiger partial charge in [0.05, 0.1) is 0 Å². The van der Waals surface area contributed by atoms with E-state index in [1.54, 1.807) is 7.05 Å². The molecule has 4 N–H and O–H groups in total. The number of amides is 1. The maximum atomic E-state index is 11.4. The molecular formula is C21H37IN6O2. The first-order chi connectivity index (χ1) is 14.0. The van der Waals surface area contributed by atoms with Gasteiger partial charge in [0.15, 0.2) is 5.96 Å². The molecular weight excluding hydrogens is 495 g/mol. The fourth-order valence-corrected chi connectivity index (χ4v) is 3.33. The van der Waals surface area contributed by atoms with Crippen LogP contribution in [0.15, 0.2) is 23.3 Å². The van der Waals surface area contributed by atoms with Crippen molar-refractivity contribution >= 4 is 41.7 Å². The molecule has 2 heterocycles. The lowest BCUT2D eigenvalue weighted by Crippen LogP contribution is -2.40. The molecule has 0 atom stereocenters. The van der Waals surface area contributed by atoms with Crippen LogP contribution in [0.3, 0.4) is 0 Å². The number of primary amides is 1. The van der Waals surface area contributed by atoms with Crippen LogP contribution in [0.25, 0.3) is 0 Å². The zero-order chi connectivity index (χ0) is 21.1. The van der Waals surface area contributed by atoms with Crippen LogP contribution in [-0.2, 0) is 16.1 Å². The van der Waals surface area contributed by atoms with E-state index in [1.807, 2.05) is 12.3 Å². The van der Waals surface area contributed by atoms with Crippen LogP contribution >= 0.6 is 24.0 Å². The van der Waals surface area contributed by atoms with Gasteiger partial charge >= 0.3 is 0 Å². The number of carbonyl (C=O) groups excluding carboxylic acids is 1. The highest BCUT2D eigenvalue weighted by molar-refractivity contribution is 14.0. The number of guanidine groups is 1. The first-order valence-electron chi connectivity index (χ1n) is 10.5. The molecule has 1 aliphatic rings. The third kappa shape index (κ3) is 9.03. The Bertz CT molecular complexity index is 663. The summed E-state index contributed by atoms with van der Waals surface area (Å²) in [6, 6.07) is 4.02. The summed E-state index contributed by atoms with van der Waals surface area (Å²) in [6.07, 6.45) is 4.30. The molecule has 0 aromatic carbocycles. The number of nitrogens with one attached hydrogen (secondary N) is 2. The number of aromatic nitrogens is 1. The summed E-state index contributed by atoms with van der Waals surface area (Å²) < 4.78 is 5.60. The number of hydrogen-bond acceptors (Lipinski definition) is 5. The van der Waals surface area contributed by atoms with Crippen molar-refractivity contribution in [3.63, 3.8) is 0 Å². The molecule has 0 aliphatic carbocycles. The number of aliphatic imine (C=N–C) groups is 1. The minimum absolute atomic E-state index is 0. The number of halogens is 1. The molecule has 170 valence electrons. The average molecular weight is 532 g/mol. The third-order valence-electron chi connectivity index (χ3n) is 4.94. The number of nitrogens with zero attached hydrogens (tertiary/aromatic N) is 3. The van der Waals surface area contributed by atoms with Crippen LogP contribution in [0.4, 0.5) is 5.82 Å². The van der Waals surface area contributed by atoms with E-state index in [0.29, 0.717) is 12.5 Å². The van der Waals surface area contributed by atoms with Gasteiger partial charge in [-0.15, -0.1) is 24.0 Å². The highest BCUT2D eigenvalue weighted by Gasteiger charge is 2.24. The van der Waals surface area contributed by atoms with E-state index in [-0.39, 0.29) is 35.8 Å². The topological polar surface area (TPSA) is 105 Å². The van der Waals surface area contributed by atoms with E-state index in [1.165, 1.54) is 0 Å². The lowest BCUT2D eigenvalue weighted by atomic mass is 9.96. The second kappa shape index (κ2) is 14.4. The number of nitrogens with two attached hydrogens (primary N) is 1. The molecule has 1 aromatic rings. The van der Waals surface area contributed by atoms with Crippen molar-refractivity contribution in [3.8, 4) is 0 Å². The standard InChI is InChI=1S/C21H36N6O2.HI/c1-16(2)15-29-13-5-10-25-21(23-3)26-14-18-6-4-9-24-20(18)27-11-7-17(8-12-27)19(22)28;/h4,6,9,16-17H,5,7-8,10-15H2,1-3H3,(H2,22,28)(H2,23,25,26);1H. The van der Waals surface area contributed by atoms with Crippen molar-refractivity contribution in [2.24, 2.45) is 22.6 Å². The van der Waals surface area contributed by atoms with Crippen molar-refractivity contribution in [2.75, 3.05) is 44.8 Å². The van der Waals surface area contributed by atoms with Crippen LogP contribution in [0.1, 0.15) is 38.7 Å². The highest BCUT2D eigenvalue weighted by Crippen LogP contribution is 2.24. The monoisotopic (exact) mass is 532 g/mol. The quantitative estimate of drug-likeness (QED) is 0.185. The van der Waals surface area contributed by atoms with Crippen molar-refractivity contribution in [2.45, 2.75) is 39.7 Å². The van der Waals surface area contributed by atoms with Gasteiger partial charge in [0, 0.05) is 64.1 Å². The molecule has 0 radical (unpaired) electrons. The van der Waals surface area contributed by atoms with Gasteiger partial charge in [-0.3, -0.25) is 9.79 Å². The summed E-state index contributed by atoms with van der Waals surface area (Å²) in [5, 5.41) is 6.68. The Balaban J connectivity index is 0.00000450. The first-order valence-corrected chi connectivity index (χ1v) is 10.5. The number of rotatable bonds is 10. The normalized spacial score (nSPS) is 15.1. The summed E-state index contributed by atoms with van der Waals surface area (Å²) in [7, 11) is 1.77. The Kier molecular flexibility index (Phi) is 12.7. The number of hydrogen-bond donors (Lipinski definition) is 3. The van der Waals surface area contributed by atoms with Crippen molar-refractivity contribution < 1.29 is 9.53 Å². The van der Waals surface area contributed by atoms with E-state index in [2.05, 4.69) is 45.4 Å². The van der Waals surface area contributed by atoms with Gasteiger partial charge in [0.1, 0.15) is 5.82 Å². The minimum atomic E-state index is -0.197. The molecule has 0 unspecified atom stereocenters. The molecule has 30 heavy (non-hydrogen) atoms. The number of anilines is 1. The van der Waals surface area contributed by atoms with Crippen molar-refractivity contribution in [1.82, 2.24) is 15.6 Å². The lowest BCUT2D eigenvalue weighted by Gasteiger charge is -2.32. The van der Waals surface area contributed by atoms with Crippen LogP contribution in [-0.4, -0.2) is 56.7 Å². The molecule has 0 bridgehead atoms. The van der Waals surface area contributed by atoms with Crippen molar-refractivity contribution in [1.29, 1.82) is 0 Å². The predicted molar refractivity (Wildman–Crippen MR) is 132 cm³/mol. The lowest BCUT2D eigenvalue weighted by molar-refractivity contribution is -0.122. The van der Waals surface area contributed by atoms with Gasteiger partial charge in [-0.2, -0.15) is 0 Å². The summed E-state index contributed by atoms with van der Waals surface area (Å²) in [4.78, 5) is 22.5. The Labute approximate surface area is 197 Å². The molecule has 2 rings (SSSR count). The fourth-order valence-electron chi connectivity index (χ4n) is 3.33. The molecule has 1 aromatic heterocycles. The summed E-state index contributed by atoms with van der Waals surface area (Å²) in [5.74, 6) is 2.06. The van der Waals surface area contributed by atoms with Gasteiger partial charge in [-0.05, 0) is 31.2 Å². The third-order valence-corrected chi connectivity index (χ3v) is 4.94. The van der Waals surface area contributed by atoms with E-state index in [0.717, 1.165) is 69.5 Å². The highest BCUT2D eigenvalue weighted by atomic mass is 127. The van der Waals surface area contributed by atoms with Crippen LogP contribution in [0.5, 0.6) is 0 Å².